The molecule has 0 heterocycles. The molecule has 2 unspecified atom stereocenters. The predicted octanol–water partition coefficient (Wildman–Crippen LogP) is 2.04. The van der Waals surface area contributed by atoms with E-state index in [2.05, 4.69) is 6.92 Å². The topological polar surface area (TPSA) is 26.0 Å². The van der Waals surface area contributed by atoms with E-state index >= 15 is 0 Å². The summed E-state index contributed by atoms with van der Waals surface area (Å²) in [5, 5.41) is 0. The van der Waals surface area contributed by atoms with Gasteiger partial charge in [0.25, 0.3) is 0 Å². The number of rotatable bonds is 0. The van der Waals surface area contributed by atoms with Gasteiger partial charge in [-0.3, -0.25) is 0 Å². The van der Waals surface area contributed by atoms with Gasteiger partial charge >= 0.3 is 0 Å². The summed E-state index contributed by atoms with van der Waals surface area (Å²) in [6.07, 6.45) is 6.31. The Kier molecular flexibility index (Phi) is 3.94. The van der Waals surface area contributed by atoms with Crippen molar-refractivity contribution in [1.82, 2.24) is 0 Å². The van der Waals surface area contributed by atoms with Crippen LogP contribution in [0.3, 0.4) is 0 Å². The van der Waals surface area contributed by atoms with Gasteiger partial charge in [-0.15, -0.1) is 0 Å². The SMILES string of the molecule is [CH2-]C1CC2=C(CCC2)CC1N.[Y]. The maximum atomic E-state index is 5.94. The number of hydrogen-bond acceptors (Lipinski definition) is 1. The molecular weight excluding hydrogens is 223 g/mol. The molecule has 2 atom stereocenters. The smallest absolute Gasteiger partial charge is 0 e. The second-order valence-electron chi connectivity index (χ2n) is 3.89. The standard InChI is InChI=1S/C10H16N.Y/c1-7-5-8-3-2-4-9(8)6-10(7)11;/h7,10H,1-6,11H2;/q-1;. The summed E-state index contributed by atoms with van der Waals surface area (Å²) in [5.74, 6) is 0.479. The van der Waals surface area contributed by atoms with Gasteiger partial charge < -0.3 is 12.7 Å². The van der Waals surface area contributed by atoms with Gasteiger partial charge in [-0.1, -0.05) is 17.6 Å². The van der Waals surface area contributed by atoms with Crippen LogP contribution in [0.15, 0.2) is 11.1 Å². The third kappa shape index (κ3) is 2.00. The Labute approximate surface area is 100 Å². The van der Waals surface area contributed by atoms with E-state index in [1.807, 2.05) is 0 Å². The first-order valence-corrected chi connectivity index (χ1v) is 4.56. The molecule has 0 saturated heterocycles. The van der Waals surface area contributed by atoms with Crippen molar-refractivity contribution in [3.05, 3.63) is 18.1 Å². The van der Waals surface area contributed by atoms with E-state index in [9.17, 15) is 0 Å². The molecule has 0 aromatic rings. The molecule has 65 valence electrons. The Hall–Kier alpha value is 0.804. The van der Waals surface area contributed by atoms with Gasteiger partial charge in [0, 0.05) is 32.7 Å². The average molecular weight is 239 g/mol. The second kappa shape index (κ2) is 4.35. The molecule has 0 fully saturated rings. The summed E-state index contributed by atoms with van der Waals surface area (Å²) in [4.78, 5) is 0. The van der Waals surface area contributed by atoms with Gasteiger partial charge in [0.05, 0.1) is 0 Å². The van der Waals surface area contributed by atoms with Crippen LogP contribution in [0.1, 0.15) is 32.1 Å². The molecule has 0 spiro atoms. The van der Waals surface area contributed by atoms with E-state index in [-0.39, 0.29) is 32.7 Å². The van der Waals surface area contributed by atoms with Crippen molar-refractivity contribution in [3.63, 3.8) is 0 Å². The largest absolute Gasteiger partial charge is 0.338 e. The molecule has 0 aliphatic heterocycles. The summed E-state index contributed by atoms with van der Waals surface area (Å²) < 4.78 is 0. The summed E-state index contributed by atoms with van der Waals surface area (Å²) in [7, 11) is 0. The molecule has 2 N–H and O–H groups in total. The Morgan fingerprint density at radius 2 is 1.75 bits per heavy atom. The van der Waals surface area contributed by atoms with Crippen molar-refractivity contribution < 1.29 is 32.7 Å². The van der Waals surface area contributed by atoms with Crippen molar-refractivity contribution >= 4 is 0 Å². The molecule has 12 heavy (non-hydrogen) atoms. The van der Waals surface area contributed by atoms with Crippen molar-refractivity contribution in [2.75, 3.05) is 0 Å². The first-order chi connectivity index (χ1) is 5.27. The van der Waals surface area contributed by atoms with E-state index in [0.717, 1.165) is 6.42 Å². The molecule has 2 heteroatoms. The fourth-order valence-corrected chi connectivity index (χ4v) is 2.28. The van der Waals surface area contributed by atoms with Crippen molar-refractivity contribution in [3.8, 4) is 0 Å². The second-order valence-corrected chi connectivity index (χ2v) is 3.89. The molecule has 0 amide bonds. The van der Waals surface area contributed by atoms with Crippen LogP contribution < -0.4 is 5.73 Å². The van der Waals surface area contributed by atoms with Gasteiger partial charge in [-0.2, -0.15) is 5.92 Å². The number of nitrogens with two attached hydrogens (primary N) is 1. The zero-order valence-corrected chi connectivity index (χ0v) is 10.4. The van der Waals surface area contributed by atoms with Crippen LogP contribution in [0, 0.1) is 12.8 Å². The summed E-state index contributed by atoms with van der Waals surface area (Å²) >= 11 is 0. The van der Waals surface area contributed by atoms with Crippen LogP contribution in [0.4, 0.5) is 0 Å². The van der Waals surface area contributed by atoms with Crippen LogP contribution in [-0.2, 0) is 32.7 Å². The molecule has 2 aliphatic rings. The van der Waals surface area contributed by atoms with Crippen LogP contribution in [0.5, 0.6) is 0 Å². The Morgan fingerprint density at radius 3 is 2.42 bits per heavy atom. The molecule has 0 aromatic heterocycles. The molecule has 0 saturated carbocycles. The van der Waals surface area contributed by atoms with E-state index in [4.69, 9.17) is 5.73 Å². The van der Waals surface area contributed by atoms with Crippen LogP contribution in [0.2, 0.25) is 0 Å². The molecule has 2 rings (SSSR count). The summed E-state index contributed by atoms with van der Waals surface area (Å²) in [6, 6.07) is 0.340. The monoisotopic (exact) mass is 239 g/mol. The van der Waals surface area contributed by atoms with E-state index in [1.165, 1.54) is 25.7 Å². The van der Waals surface area contributed by atoms with Gasteiger partial charge in [-0.25, -0.2) is 0 Å². The molecule has 1 nitrogen and oxygen atoms in total. The van der Waals surface area contributed by atoms with Crippen molar-refractivity contribution in [1.29, 1.82) is 0 Å². The predicted molar refractivity (Wildman–Crippen MR) is 46.9 cm³/mol. The van der Waals surface area contributed by atoms with E-state index in [0.29, 0.717) is 12.0 Å². The van der Waals surface area contributed by atoms with Gasteiger partial charge in [0.1, 0.15) is 0 Å². The van der Waals surface area contributed by atoms with E-state index in [1.54, 1.807) is 11.1 Å². The van der Waals surface area contributed by atoms with Crippen molar-refractivity contribution in [2.45, 2.75) is 38.1 Å². The van der Waals surface area contributed by atoms with Crippen LogP contribution in [0.25, 0.3) is 0 Å². The fraction of sp³-hybridized carbons (Fsp3) is 0.700. The maximum absolute atomic E-state index is 5.94. The molecule has 1 radical (unpaired) electrons. The minimum Gasteiger partial charge on any atom is -0.338 e. The fourth-order valence-electron chi connectivity index (χ4n) is 2.28. The van der Waals surface area contributed by atoms with Gasteiger partial charge in [0.15, 0.2) is 0 Å². The summed E-state index contributed by atoms with van der Waals surface area (Å²) in [5.41, 5.74) is 9.29. The first-order valence-electron chi connectivity index (χ1n) is 4.56. The third-order valence-electron chi connectivity index (χ3n) is 3.05. The maximum Gasteiger partial charge on any atom is 0 e. The zero-order valence-electron chi connectivity index (χ0n) is 7.55. The summed E-state index contributed by atoms with van der Waals surface area (Å²) in [6.45, 7) is 4.08. The first kappa shape index (κ1) is 10.9. The number of hydrogen-bond donors (Lipinski definition) is 1. The minimum atomic E-state index is 0. The Morgan fingerprint density at radius 1 is 1.17 bits per heavy atom. The normalized spacial score (nSPS) is 34.5. The number of allylic oxidation sites excluding steroid dienone is 1. The van der Waals surface area contributed by atoms with Gasteiger partial charge in [-0.05, 0) is 31.7 Å². The molecule has 0 aromatic carbocycles. The molecular formula is C10H16NY-. The van der Waals surface area contributed by atoms with Crippen molar-refractivity contribution in [2.24, 2.45) is 11.7 Å². The quantitative estimate of drug-likeness (QED) is 0.508. The minimum absolute atomic E-state index is 0. The molecule has 2 aliphatic carbocycles. The molecule has 0 bridgehead atoms. The van der Waals surface area contributed by atoms with E-state index < -0.39 is 0 Å². The average Bonchev–Trinajstić information content (AvgIpc) is 2.36. The van der Waals surface area contributed by atoms with Gasteiger partial charge in [0.2, 0.25) is 0 Å². The Bertz CT molecular complexity index is 178. The van der Waals surface area contributed by atoms with Crippen LogP contribution >= 0.6 is 0 Å². The van der Waals surface area contributed by atoms with Crippen LogP contribution in [-0.4, -0.2) is 6.04 Å². The third-order valence-corrected chi connectivity index (χ3v) is 3.05. The Balaban J connectivity index is 0.000000720. The zero-order chi connectivity index (χ0) is 7.84.